The van der Waals surface area contributed by atoms with Crippen LogP contribution in [0.15, 0.2) is 0 Å². The zero-order valence-electron chi connectivity index (χ0n) is 10.6. The van der Waals surface area contributed by atoms with Crippen molar-refractivity contribution in [1.82, 2.24) is 0 Å². The summed E-state index contributed by atoms with van der Waals surface area (Å²) in [5.74, 6) is 0. The standard InChI is InChI=1S/C11H25OSi.Cu/c1-8-9-10(2)12-13(6,7)11(3,4)5;/h8,10H,9H2,1-7H3;/q-1;+1/t10-;/m1./s1. The molecule has 90 valence electrons. The van der Waals surface area contributed by atoms with Crippen LogP contribution < -0.4 is 0 Å². The fraction of sp³-hybridized carbons (Fsp3) is 0.909. The summed E-state index contributed by atoms with van der Waals surface area (Å²) in [5, 5.41) is 0.328. The van der Waals surface area contributed by atoms with Gasteiger partial charge in [0.15, 0.2) is 8.32 Å². The molecule has 0 N–H and O–H groups in total. The number of rotatable bonds is 4. The predicted molar refractivity (Wildman–Crippen MR) is 62.3 cm³/mol. The van der Waals surface area contributed by atoms with Crippen LogP contribution in [0.25, 0.3) is 0 Å². The van der Waals surface area contributed by atoms with E-state index in [0.29, 0.717) is 11.1 Å². The molecule has 1 atom stereocenters. The maximum Gasteiger partial charge on any atom is 1.00 e. The zero-order chi connectivity index (χ0) is 10.7. The third kappa shape index (κ3) is 5.55. The second-order valence-corrected chi connectivity index (χ2v) is 10.1. The Balaban J connectivity index is 0. The summed E-state index contributed by atoms with van der Waals surface area (Å²) in [7, 11) is -1.53. The molecular formula is C11H25CuOSi. The third-order valence-corrected chi connectivity index (χ3v) is 7.47. The zero-order valence-corrected chi connectivity index (χ0v) is 12.5. The molecule has 0 rings (SSSR count). The molecular weight excluding hydrogens is 240 g/mol. The molecule has 0 unspecified atom stereocenters. The Labute approximate surface area is 102 Å². The van der Waals surface area contributed by atoms with Crippen molar-refractivity contribution < 1.29 is 21.5 Å². The van der Waals surface area contributed by atoms with Crippen molar-refractivity contribution in [1.29, 1.82) is 0 Å². The summed E-state index contributed by atoms with van der Waals surface area (Å²) in [6, 6.07) is 0. The molecule has 3 heteroatoms. The van der Waals surface area contributed by atoms with E-state index >= 15 is 0 Å². The van der Waals surface area contributed by atoms with Gasteiger partial charge in [-0.05, 0) is 25.1 Å². The monoisotopic (exact) mass is 264 g/mol. The molecule has 0 aliphatic carbocycles. The Morgan fingerprint density at radius 1 is 1.29 bits per heavy atom. The minimum absolute atomic E-state index is 0. The van der Waals surface area contributed by atoms with Crippen LogP contribution in [0.1, 0.15) is 41.0 Å². The van der Waals surface area contributed by atoms with Gasteiger partial charge in [-0.3, -0.25) is 0 Å². The van der Waals surface area contributed by atoms with Crippen molar-refractivity contribution in [2.75, 3.05) is 0 Å². The molecule has 0 radical (unpaired) electrons. The molecule has 0 aromatic heterocycles. The van der Waals surface area contributed by atoms with Gasteiger partial charge in [-0.2, -0.15) is 13.3 Å². The number of hydrogen-bond acceptors (Lipinski definition) is 1. The summed E-state index contributed by atoms with van der Waals surface area (Å²) < 4.78 is 6.15. The van der Waals surface area contributed by atoms with E-state index in [-0.39, 0.29) is 17.1 Å². The molecule has 0 amide bonds. The van der Waals surface area contributed by atoms with Crippen molar-refractivity contribution in [3.05, 3.63) is 6.42 Å². The SMILES string of the molecule is C[CH-]C[C@@H](C)O[Si](C)(C)C(C)(C)C.[Cu+]. The molecule has 14 heavy (non-hydrogen) atoms. The Morgan fingerprint density at radius 3 is 2.00 bits per heavy atom. The molecule has 0 fully saturated rings. The Morgan fingerprint density at radius 2 is 1.71 bits per heavy atom. The Hall–Kier alpha value is 0.696. The summed E-state index contributed by atoms with van der Waals surface area (Å²) in [6.45, 7) is 15.7. The van der Waals surface area contributed by atoms with Crippen LogP contribution in [0.2, 0.25) is 18.1 Å². The predicted octanol–water partition coefficient (Wildman–Crippen LogP) is 4.01. The Kier molecular flexibility index (Phi) is 7.72. The van der Waals surface area contributed by atoms with E-state index in [4.69, 9.17) is 4.43 Å². The van der Waals surface area contributed by atoms with Crippen LogP contribution in [0.4, 0.5) is 0 Å². The molecule has 0 saturated carbocycles. The summed E-state index contributed by atoms with van der Waals surface area (Å²) >= 11 is 0. The van der Waals surface area contributed by atoms with Gasteiger partial charge < -0.3 is 10.8 Å². The normalized spacial score (nSPS) is 14.8. The quantitative estimate of drug-likeness (QED) is 0.551. The van der Waals surface area contributed by atoms with Gasteiger partial charge in [0.05, 0.1) is 0 Å². The largest absolute Gasteiger partial charge is 1.00 e. The minimum atomic E-state index is -1.53. The van der Waals surface area contributed by atoms with Crippen molar-refractivity contribution >= 4 is 8.32 Å². The van der Waals surface area contributed by atoms with Crippen LogP contribution >= 0.6 is 0 Å². The summed E-state index contributed by atoms with van der Waals surface area (Å²) in [6.07, 6.45) is 3.62. The van der Waals surface area contributed by atoms with Gasteiger partial charge in [0.25, 0.3) is 0 Å². The number of hydrogen-bond donors (Lipinski definition) is 0. The van der Waals surface area contributed by atoms with Crippen molar-refractivity contribution in [3.8, 4) is 0 Å². The summed E-state index contributed by atoms with van der Waals surface area (Å²) in [5.41, 5.74) is 0. The van der Waals surface area contributed by atoms with Gasteiger partial charge in [0.2, 0.25) is 0 Å². The van der Waals surface area contributed by atoms with E-state index in [1.165, 1.54) is 0 Å². The third-order valence-electron chi connectivity index (χ3n) is 2.87. The maximum absolute atomic E-state index is 6.15. The first-order valence-electron chi connectivity index (χ1n) is 5.16. The fourth-order valence-electron chi connectivity index (χ4n) is 1.06. The molecule has 0 bridgehead atoms. The maximum atomic E-state index is 6.15. The smallest absolute Gasteiger partial charge is 0.417 e. The van der Waals surface area contributed by atoms with Crippen LogP contribution in [-0.2, 0) is 21.5 Å². The van der Waals surface area contributed by atoms with E-state index < -0.39 is 8.32 Å². The average Bonchev–Trinajstić information content (AvgIpc) is 1.83. The van der Waals surface area contributed by atoms with Gasteiger partial charge in [0, 0.05) is 6.10 Å². The molecule has 0 heterocycles. The van der Waals surface area contributed by atoms with Gasteiger partial charge in [0.1, 0.15) is 0 Å². The molecule has 0 aliphatic heterocycles. The van der Waals surface area contributed by atoms with Crippen LogP contribution in [0.3, 0.4) is 0 Å². The van der Waals surface area contributed by atoms with Gasteiger partial charge >= 0.3 is 17.1 Å². The van der Waals surface area contributed by atoms with Gasteiger partial charge in [-0.1, -0.05) is 20.8 Å². The second kappa shape index (κ2) is 6.32. The first-order valence-corrected chi connectivity index (χ1v) is 8.07. The first-order chi connectivity index (χ1) is 5.70. The van der Waals surface area contributed by atoms with E-state index in [2.05, 4.69) is 54.1 Å². The molecule has 0 aliphatic rings. The van der Waals surface area contributed by atoms with Gasteiger partial charge in [-0.25, -0.2) is 0 Å². The van der Waals surface area contributed by atoms with E-state index in [1.54, 1.807) is 0 Å². The van der Waals surface area contributed by atoms with Crippen molar-refractivity contribution in [3.63, 3.8) is 0 Å². The van der Waals surface area contributed by atoms with E-state index in [9.17, 15) is 0 Å². The second-order valence-electron chi connectivity index (χ2n) is 5.33. The molecule has 0 aromatic rings. The van der Waals surface area contributed by atoms with Gasteiger partial charge in [-0.15, -0.1) is 0 Å². The molecule has 1 nitrogen and oxygen atoms in total. The van der Waals surface area contributed by atoms with E-state index in [1.807, 2.05) is 0 Å². The first kappa shape index (κ1) is 17.1. The fourth-order valence-corrected chi connectivity index (χ4v) is 2.52. The molecule has 0 aromatic carbocycles. The minimum Gasteiger partial charge on any atom is -0.417 e. The van der Waals surface area contributed by atoms with Crippen LogP contribution in [-0.4, -0.2) is 14.4 Å². The van der Waals surface area contributed by atoms with Crippen LogP contribution in [0.5, 0.6) is 0 Å². The summed E-state index contributed by atoms with van der Waals surface area (Å²) in [4.78, 5) is 0. The molecule has 0 saturated heterocycles. The average molecular weight is 265 g/mol. The van der Waals surface area contributed by atoms with E-state index in [0.717, 1.165) is 6.42 Å². The molecule has 0 spiro atoms. The topological polar surface area (TPSA) is 9.23 Å². The van der Waals surface area contributed by atoms with Crippen molar-refractivity contribution in [2.45, 2.75) is 65.3 Å². The van der Waals surface area contributed by atoms with Crippen LogP contribution in [0, 0.1) is 6.42 Å². The Bertz CT molecular complexity index is 152. The van der Waals surface area contributed by atoms with Crippen molar-refractivity contribution in [2.24, 2.45) is 0 Å².